The number of ketones is 1. The summed E-state index contributed by atoms with van der Waals surface area (Å²) in [6.07, 6.45) is -1.15. The van der Waals surface area contributed by atoms with Crippen molar-refractivity contribution in [3.63, 3.8) is 0 Å². The monoisotopic (exact) mass is 391 g/mol. The molecule has 1 aliphatic rings. The molecule has 9 heteroatoms. The van der Waals surface area contributed by atoms with Gasteiger partial charge in [0.15, 0.2) is 17.6 Å². The third kappa shape index (κ3) is 3.54. The van der Waals surface area contributed by atoms with E-state index < -0.39 is 33.6 Å². The fourth-order valence-corrected chi connectivity index (χ4v) is 3.51. The van der Waals surface area contributed by atoms with Gasteiger partial charge in [0.25, 0.3) is 0 Å². The van der Waals surface area contributed by atoms with E-state index in [1.165, 1.54) is 38.5 Å². The van der Waals surface area contributed by atoms with Crippen LogP contribution in [0.5, 0.6) is 11.5 Å². The predicted molar refractivity (Wildman–Crippen MR) is 94.3 cm³/mol. The first kappa shape index (κ1) is 18.6. The number of ether oxygens (including phenoxy) is 3. The molecule has 0 bridgehead atoms. The number of carbonyl (C=O) groups is 1. The molecule has 0 amide bonds. The van der Waals surface area contributed by atoms with Gasteiger partial charge in [-0.05, 0) is 24.3 Å². The van der Waals surface area contributed by atoms with Crippen LogP contribution in [0.2, 0.25) is 0 Å². The van der Waals surface area contributed by atoms with Gasteiger partial charge in [-0.3, -0.25) is 4.79 Å². The Morgan fingerprint density at radius 3 is 2.30 bits per heavy atom. The molecule has 1 atom stereocenters. The quantitative estimate of drug-likeness (QED) is 0.743. The summed E-state index contributed by atoms with van der Waals surface area (Å²) in [5.41, 5.74) is 6.11. The van der Waals surface area contributed by atoms with Gasteiger partial charge in [-0.2, -0.15) is 8.42 Å². The number of Topliss-reactive ketones (excluding diaryl/α,β-unsaturated/α-hetero) is 1. The molecule has 2 aromatic carbocycles. The van der Waals surface area contributed by atoms with Crippen LogP contribution >= 0.6 is 0 Å². The van der Waals surface area contributed by atoms with Crippen LogP contribution in [0.3, 0.4) is 0 Å². The van der Waals surface area contributed by atoms with E-state index >= 15 is 0 Å². The minimum Gasteiger partial charge on any atom is -0.493 e. The van der Waals surface area contributed by atoms with E-state index in [0.29, 0.717) is 17.1 Å². The van der Waals surface area contributed by atoms with Crippen LogP contribution in [-0.2, 0) is 23.8 Å². The second-order valence-electron chi connectivity index (χ2n) is 5.52. The highest BCUT2D eigenvalue weighted by molar-refractivity contribution is 7.86. The van der Waals surface area contributed by atoms with E-state index in [0.717, 1.165) is 0 Å². The Balaban J connectivity index is 1.87. The summed E-state index contributed by atoms with van der Waals surface area (Å²) in [5, 5.41) is 0. The number of carbonyl (C=O) groups excluding carboxylic acids is 1. The van der Waals surface area contributed by atoms with Crippen molar-refractivity contribution in [2.24, 2.45) is 5.73 Å². The number of hydrogen-bond acceptors (Lipinski definition) is 8. The minimum atomic E-state index is -4.22. The first-order valence-electron chi connectivity index (χ1n) is 7.79. The Morgan fingerprint density at radius 1 is 1.00 bits per heavy atom. The topological polar surface area (TPSA) is 114 Å². The molecule has 2 N–H and O–H groups in total. The van der Waals surface area contributed by atoms with Crippen molar-refractivity contribution in [3.8, 4) is 11.5 Å². The third-order valence-electron chi connectivity index (χ3n) is 3.87. The first-order valence-corrected chi connectivity index (χ1v) is 9.20. The minimum absolute atomic E-state index is 0.104. The second kappa shape index (κ2) is 7.20. The zero-order valence-electron chi connectivity index (χ0n) is 14.5. The number of nitrogens with two attached hydrogens (primary N) is 1. The highest BCUT2D eigenvalue weighted by Gasteiger charge is 2.40. The standard InChI is InChI=1S/C18H17NO7S/c1-23-13-9-8-11(10-14(13)24-2)16-15(20)17(18(19)25-16)26-27(21,22)12-6-4-3-5-7-12/h3-10,16H,19H2,1-2H3. The molecule has 0 saturated carbocycles. The van der Waals surface area contributed by atoms with Gasteiger partial charge in [0.05, 0.1) is 14.2 Å². The largest absolute Gasteiger partial charge is 0.493 e. The molecule has 1 aliphatic heterocycles. The van der Waals surface area contributed by atoms with Gasteiger partial charge in [0.2, 0.25) is 17.4 Å². The van der Waals surface area contributed by atoms with Crippen LogP contribution in [0.1, 0.15) is 11.7 Å². The molecule has 8 nitrogen and oxygen atoms in total. The van der Waals surface area contributed by atoms with E-state index in [1.807, 2.05) is 0 Å². The molecular formula is C18H17NO7S. The summed E-state index contributed by atoms with van der Waals surface area (Å²) in [4.78, 5) is 12.6. The smallest absolute Gasteiger partial charge is 0.339 e. The van der Waals surface area contributed by atoms with Crippen molar-refractivity contribution in [1.82, 2.24) is 0 Å². The molecule has 0 aliphatic carbocycles. The molecule has 1 unspecified atom stereocenters. The first-order chi connectivity index (χ1) is 12.9. The molecular weight excluding hydrogens is 374 g/mol. The maximum atomic E-state index is 12.7. The fourth-order valence-electron chi connectivity index (χ4n) is 2.54. The normalized spacial score (nSPS) is 16.8. The molecule has 142 valence electrons. The maximum absolute atomic E-state index is 12.7. The van der Waals surface area contributed by atoms with Crippen LogP contribution < -0.4 is 15.2 Å². The molecule has 0 fully saturated rings. The van der Waals surface area contributed by atoms with Crippen molar-refractivity contribution < 1.29 is 31.6 Å². The number of benzene rings is 2. The van der Waals surface area contributed by atoms with Gasteiger partial charge in [0.1, 0.15) is 4.90 Å². The predicted octanol–water partition coefficient (Wildman–Crippen LogP) is 1.88. The van der Waals surface area contributed by atoms with Crippen LogP contribution in [0.25, 0.3) is 0 Å². The molecule has 27 heavy (non-hydrogen) atoms. The van der Waals surface area contributed by atoms with Crippen molar-refractivity contribution in [2.75, 3.05) is 14.2 Å². The van der Waals surface area contributed by atoms with Crippen LogP contribution in [0, 0.1) is 0 Å². The number of rotatable bonds is 6. The van der Waals surface area contributed by atoms with Crippen LogP contribution in [-0.4, -0.2) is 28.4 Å². The molecule has 0 aromatic heterocycles. The molecule has 3 rings (SSSR count). The summed E-state index contributed by atoms with van der Waals surface area (Å²) < 4.78 is 45.4. The van der Waals surface area contributed by atoms with E-state index in [4.69, 9.17) is 24.1 Å². The molecule has 2 aromatic rings. The SMILES string of the molecule is COc1ccc(C2OC(N)=C(OS(=O)(=O)c3ccccc3)C2=O)cc1OC. The van der Waals surface area contributed by atoms with E-state index in [1.54, 1.807) is 24.3 Å². The van der Waals surface area contributed by atoms with Crippen molar-refractivity contribution in [3.05, 3.63) is 65.7 Å². The van der Waals surface area contributed by atoms with Gasteiger partial charge in [0, 0.05) is 5.56 Å². The Kier molecular flexibility index (Phi) is 4.95. The van der Waals surface area contributed by atoms with E-state index in [2.05, 4.69) is 0 Å². The maximum Gasteiger partial charge on any atom is 0.339 e. The van der Waals surface area contributed by atoms with Crippen LogP contribution in [0.4, 0.5) is 0 Å². The third-order valence-corrected chi connectivity index (χ3v) is 5.10. The van der Waals surface area contributed by atoms with Gasteiger partial charge < -0.3 is 24.1 Å². The number of methoxy groups -OCH3 is 2. The number of hydrogen-bond donors (Lipinski definition) is 1. The lowest BCUT2D eigenvalue weighted by Gasteiger charge is -2.13. The van der Waals surface area contributed by atoms with Crippen LogP contribution in [0.15, 0.2) is 65.1 Å². The van der Waals surface area contributed by atoms with Crippen molar-refractivity contribution >= 4 is 15.9 Å². The molecule has 0 radical (unpaired) electrons. The summed E-state index contributed by atoms with van der Waals surface area (Å²) >= 11 is 0. The molecule has 1 heterocycles. The van der Waals surface area contributed by atoms with E-state index in [9.17, 15) is 13.2 Å². The lowest BCUT2D eigenvalue weighted by molar-refractivity contribution is -0.123. The fraction of sp³-hybridized carbons (Fsp3) is 0.167. The Hall–Kier alpha value is -3.20. The average Bonchev–Trinajstić information content (AvgIpc) is 2.96. The Bertz CT molecular complexity index is 1000. The summed E-state index contributed by atoms with van der Waals surface area (Å²) in [6, 6.07) is 12.1. The summed E-state index contributed by atoms with van der Waals surface area (Å²) in [7, 11) is -1.29. The Labute approximate surface area is 156 Å². The zero-order chi connectivity index (χ0) is 19.6. The second-order valence-corrected chi connectivity index (χ2v) is 7.07. The van der Waals surface area contributed by atoms with Gasteiger partial charge in [-0.1, -0.05) is 24.3 Å². The van der Waals surface area contributed by atoms with E-state index in [-0.39, 0.29) is 4.90 Å². The molecule has 0 spiro atoms. The van der Waals surface area contributed by atoms with Crippen molar-refractivity contribution in [2.45, 2.75) is 11.0 Å². The van der Waals surface area contributed by atoms with Gasteiger partial charge >= 0.3 is 10.1 Å². The highest BCUT2D eigenvalue weighted by atomic mass is 32.2. The molecule has 0 saturated heterocycles. The lowest BCUT2D eigenvalue weighted by Crippen LogP contribution is -2.15. The summed E-state index contributed by atoms with van der Waals surface area (Å²) in [6.45, 7) is 0. The van der Waals surface area contributed by atoms with Crippen molar-refractivity contribution in [1.29, 1.82) is 0 Å². The summed E-state index contributed by atoms with van der Waals surface area (Å²) in [5.74, 6) is -0.816. The zero-order valence-corrected chi connectivity index (χ0v) is 15.4. The van der Waals surface area contributed by atoms with Gasteiger partial charge in [-0.15, -0.1) is 0 Å². The van der Waals surface area contributed by atoms with Gasteiger partial charge in [-0.25, -0.2) is 0 Å². The highest BCUT2D eigenvalue weighted by Crippen LogP contribution is 2.37. The Morgan fingerprint density at radius 2 is 1.67 bits per heavy atom. The average molecular weight is 391 g/mol. The lowest BCUT2D eigenvalue weighted by atomic mass is 10.1.